The number of hydrogen-bond donors (Lipinski definition) is 0. The summed E-state index contributed by atoms with van der Waals surface area (Å²) < 4.78 is 164. The highest BCUT2D eigenvalue weighted by atomic mass is 79.9. The molecule has 0 heterocycles. The van der Waals surface area contributed by atoms with Crippen molar-refractivity contribution in [3.8, 4) is 0 Å². The highest BCUT2D eigenvalue weighted by molar-refractivity contribution is 9.08. The Bertz CT molecular complexity index is 1010. The molecule has 188 valence electrons. The smallest absolute Gasteiger partial charge is 0.289 e. The summed E-state index contributed by atoms with van der Waals surface area (Å²) in [6.45, 7) is 0. The summed E-state index contributed by atoms with van der Waals surface area (Å²) >= 11 is 5.14. The molecule has 34 heavy (non-hydrogen) atoms. The minimum Gasteiger partial charge on any atom is -0.289 e. The van der Waals surface area contributed by atoms with E-state index in [0.717, 1.165) is 0 Å². The molecule has 0 fully saturated rings. The molecule has 1 nitrogen and oxygen atoms in total. The van der Waals surface area contributed by atoms with Crippen LogP contribution in [0.4, 0.5) is 52.7 Å². The van der Waals surface area contributed by atoms with Gasteiger partial charge in [0.05, 0.1) is 22.3 Å². The Balaban J connectivity index is 3.20. The molecule has 2 aromatic rings. The van der Waals surface area contributed by atoms with E-state index in [1.165, 1.54) is 0 Å². The lowest BCUT2D eigenvalue weighted by Crippen LogP contribution is -2.27. The van der Waals surface area contributed by atoms with Gasteiger partial charge in [0.2, 0.25) is 0 Å². The first-order valence-electron chi connectivity index (χ1n) is 8.53. The van der Waals surface area contributed by atoms with Crippen molar-refractivity contribution >= 4 is 37.6 Å². The SMILES string of the molecule is O=C(c1c(C(F)(F)F)ccc(CBr)c1C(F)(F)F)c1c(C(F)(F)F)ccc(CBr)c1C(F)(F)F. The normalized spacial score (nSPS) is 13.4. The summed E-state index contributed by atoms with van der Waals surface area (Å²) in [6.07, 6.45) is -22.9. The van der Waals surface area contributed by atoms with Crippen molar-refractivity contribution < 1.29 is 57.5 Å². The number of carbonyl (C=O) groups excluding carboxylic acids is 1. The van der Waals surface area contributed by atoms with Crippen LogP contribution in [0.5, 0.6) is 0 Å². The van der Waals surface area contributed by atoms with E-state index in [1.807, 2.05) is 0 Å². The van der Waals surface area contributed by atoms with E-state index in [1.54, 1.807) is 0 Å². The minimum atomic E-state index is -5.74. The molecule has 0 radical (unpaired) electrons. The van der Waals surface area contributed by atoms with Crippen LogP contribution in [0.2, 0.25) is 0 Å². The molecule has 15 heteroatoms. The second kappa shape index (κ2) is 9.36. The number of hydrogen-bond acceptors (Lipinski definition) is 1. The van der Waals surface area contributed by atoms with Crippen LogP contribution < -0.4 is 0 Å². The maximum absolute atomic E-state index is 13.8. The van der Waals surface area contributed by atoms with Crippen LogP contribution in [0, 0.1) is 0 Å². The first-order chi connectivity index (χ1) is 15.3. The number of rotatable bonds is 4. The molecule has 0 unspecified atom stereocenters. The van der Waals surface area contributed by atoms with Crippen LogP contribution in [0.3, 0.4) is 0 Å². The third-order valence-corrected chi connectivity index (χ3v) is 5.71. The maximum atomic E-state index is 13.8. The molecule has 0 bridgehead atoms. The Morgan fingerprint density at radius 1 is 0.559 bits per heavy atom. The Morgan fingerprint density at radius 2 is 0.853 bits per heavy atom. The molecule has 0 aliphatic rings. The third kappa shape index (κ3) is 5.55. The lowest BCUT2D eigenvalue weighted by atomic mass is 9.85. The summed E-state index contributed by atoms with van der Waals surface area (Å²) in [6, 6.07) is 0.630. The van der Waals surface area contributed by atoms with Gasteiger partial charge in [-0.25, -0.2) is 0 Å². The molecule has 0 aliphatic carbocycles. The number of alkyl halides is 14. The monoisotopic (exact) mass is 638 g/mol. The number of carbonyl (C=O) groups is 1. The topological polar surface area (TPSA) is 17.1 Å². The third-order valence-electron chi connectivity index (χ3n) is 4.50. The molecule has 2 aromatic carbocycles. The zero-order valence-corrected chi connectivity index (χ0v) is 19.1. The predicted octanol–water partition coefficient (Wildman–Crippen LogP) is 8.78. The van der Waals surface area contributed by atoms with Gasteiger partial charge >= 0.3 is 24.7 Å². The van der Waals surface area contributed by atoms with E-state index < -0.39 is 85.7 Å². The first-order valence-corrected chi connectivity index (χ1v) is 10.8. The number of halogens is 14. The summed E-state index contributed by atoms with van der Waals surface area (Å²) in [5.74, 6) is -2.72. The van der Waals surface area contributed by atoms with Crippen LogP contribution in [-0.4, -0.2) is 5.78 Å². The van der Waals surface area contributed by atoms with E-state index in [4.69, 9.17) is 0 Å². The highest BCUT2D eigenvalue weighted by Gasteiger charge is 2.49. The van der Waals surface area contributed by atoms with Crippen molar-refractivity contribution in [2.24, 2.45) is 0 Å². The van der Waals surface area contributed by atoms with Crippen molar-refractivity contribution in [2.45, 2.75) is 35.4 Å². The summed E-state index contributed by atoms with van der Waals surface area (Å²) in [7, 11) is 0. The van der Waals surface area contributed by atoms with Crippen molar-refractivity contribution in [3.05, 3.63) is 68.8 Å². The molecular formula is C19H8Br2F12O. The molecule has 2 rings (SSSR count). The average Bonchev–Trinajstić information content (AvgIpc) is 2.68. The van der Waals surface area contributed by atoms with Crippen LogP contribution in [0.1, 0.15) is 49.3 Å². The van der Waals surface area contributed by atoms with Gasteiger partial charge in [0.15, 0.2) is 5.78 Å². The van der Waals surface area contributed by atoms with Gasteiger partial charge in [-0.3, -0.25) is 4.79 Å². The van der Waals surface area contributed by atoms with Gasteiger partial charge < -0.3 is 0 Å². The van der Waals surface area contributed by atoms with Gasteiger partial charge in [0.25, 0.3) is 0 Å². The largest absolute Gasteiger partial charge is 0.417 e. The number of benzene rings is 2. The molecule has 0 N–H and O–H groups in total. The first kappa shape index (κ1) is 28.5. The molecular weight excluding hydrogens is 632 g/mol. The quantitative estimate of drug-likeness (QED) is 0.186. The fraction of sp³-hybridized carbons (Fsp3) is 0.316. The van der Waals surface area contributed by atoms with Crippen LogP contribution in [-0.2, 0) is 35.4 Å². The maximum Gasteiger partial charge on any atom is 0.417 e. The average molecular weight is 640 g/mol. The summed E-state index contributed by atoms with van der Waals surface area (Å²) in [4.78, 5) is 13.0. The molecule has 0 amide bonds. The lowest BCUT2D eigenvalue weighted by Gasteiger charge is -2.24. The lowest BCUT2D eigenvalue weighted by molar-refractivity contribution is -0.144. The van der Waals surface area contributed by atoms with Gasteiger partial charge in [-0.1, -0.05) is 44.0 Å². The molecule has 0 spiro atoms. The van der Waals surface area contributed by atoms with Gasteiger partial charge in [0, 0.05) is 21.8 Å². The Hall–Kier alpha value is -1.77. The Kier molecular flexibility index (Phi) is 7.83. The molecule has 0 saturated carbocycles. The van der Waals surface area contributed by atoms with Gasteiger partial charge in [-0.15, -0.1) is 0 Å². The van der Waals surface area contributed by atoms with E-state index in [0.29, 0.717) is 12.1 Å². The number of ketones is 1. The van der Waals surface area contributed by atoms with Gasteiger partial charge in [-0.2, -0.15) is 52.7 Å². The van der Waals surface area contributed by atoms with Crippen molar-refractivity contribution in [3.63, 3.8) is 0 Å². The van der Waals surface area contributed by atoms with E-state index in [2.05, 4.69) is 31.9 Å². The minimum absolute atomic E-state index is 0.00602. The second-order valence-corrected chi connectivity index (χ2v) is 7.75. The van der Waals surface area contributed by atoms with Crippen molar-refractivity contribution in [1.29, 1.82) is 0 Å². The Morgan fingerprint density at radius 3 is 1.06 bits per heavy atom. The fourth-order valence-electron chi connectivity index (χ4n) is 3.23. The predicted molar refractivity (Wildman–Crippen MR) is 102 cm³/mol. The van der Waals surface area contributed by atoms with E-state index in [-0.39, 0.29) is 12.1 Å². The van der Waals surface area contributed by atoms with Gasteiger partial charge in [-0.05, 0) is 23.3 Å². The summed E-state index contributed by atoms with van der Waals surface area (Å²) in [5, 5.41) is -1.61. The van der Waals surface area contributed by atoms with E-state index in [9.17, 15) is 57.5 Å². The zero-order chi connectivity index (χ0) is 26.4. The van der Waals surface area contributed by atoms with Crippen molar-refractivity contribution in [2.75, 3.05) is 0 Å². The van der Waals surface area contributed by atoms with Crippen LogP contribution in [0.25, 0.3) is 0 Å². The van der Waals surface area contributed by atoms with Gasteiger partial charge in [0.1, 0.15) is 0 Å². The zero-order valence-electron chi connectivity index (χ0n) is 15.9. The molecule has 0 saturated heterocycles. The van der Waals surface area contributed by atoms with Crippen molar-refractivity contribution in [1.82, 2.24) is 0 Å². The Labute approximate surface area is 199 Å². The second-order valence-electron chi connectivity index (χ2n) is 6.63. The molecule has 0 atom stereocenters. The van der Waals surface area contributed by atoms with E-state index >= 15 is 0 Å². The van der Waals surface area contributed by atoms with Crippen LogP contribution in [0.15, 0.2) is 24.3 Å². The highest BCUT2D eigenvalue weighted by Crippen LogP contribution is 2.47. The summed E-state index contributed by atoms with van der Waals surface area (Å²) in [5.41, 5.74) is -16.0. The molecule has 0 aliphatic heterocycles. The fourth-order valence-corrected chi connectivity index (χ4v) is 4.17. The molecule has 0 aromatic heterocycles. The van der Waals surface area contributed by atoms with Crippen LogP contribution >= 0.6 is 31.9 Å². The standard InChI is InChI=1S/C19H8Br2F12O/c20-5-7-1-3-9(16(22,23)24)11(13(7)18(28,29)30)15(34)12-10(17(25,26)27)4-2-8(6-21)14(12)19(31,32)33/h1-4H,5-6H2.